The molecule has 19 heavy (non-hydrogen) atoms. The summed E-state index contributed by atoms with van der Waals surface area (Å²) in [4.78, 5) is 22.0. The van der Waals surface area contributed by atoms with Crippen LogP contribution in [0.2, 0.25) is 0 Å². The first-order valence-electron chi connectivity index (χ1n) is 5.66. The zero-order chi connectivity index (χ0) is 13.8. The van der Waals surface area contributed by atoms with Crippen LogP contribution >= 0.6 is 0 Å². The highest BCUT2D eigenvalue weighted by Gasteiger charge is 2.15. The molecule has 6 heteroatoms. The summed E-state index contributed by atoms with van der Waals surface area (Å²) in [6, 6.07) is 8.97. The zero-order valence-corrected chi connectivity index (χ0v) is 10.2. The topological polar surface area (TPSA) is 85.4 Å². The monoisotopic (exact) mass is 260 g/mol. The number of nitro benzene ring substituents is 1. The highest BCUT2D eigenvalue weighted by Crippen LogP contribution is 2.19. The Balaban J connectivity index is 2.11. The molecule has 1 aromatic carbocycles. The van der Waals surface area contributed by atoms with Crippen molar-refractivity contribution >= 4 is 11.6 Å². The Morgan fingerprint density at radius 2 is 2.16 bits per heavy atom. The fraction of sp³-hybridized carbons (Fsp3) is 0.154. The van der Waals surface area contributed by atoms with Gasteiger partial charge in [-0.05, 0) is 24.6 Å². The second kappa shape index (κ2) is 5.34. The van der Waals surface area contributed by atoms with Crippen LogP contribution in [-0.2, 0) is 0 Å². The van der Waals surface area contributed by atoms with Gasteiger partial charge in [0.05, 0.1) is 17.2 Å². The molecule has 0 fully saturated rings. The molecule has 2 aromatic rings. The van der Waals surface area contributed by atoms with Crippen molar-refractivity contribution in [3.8, 4) is 0 Å². The Morgan fingerprint density at radius 1 is 1.37 bits per heavy atom. The number of nitro groups is 1. The summed E-state index contributed by atoms with van der Waals surface area (Å²) in [6.07, 6.45) is 1.41. The van der Waals surface area contributed by atoms with Crippen LogP contribution in [-0.4, -0.2) is 10.8 Å². The standard InChI is InChI=1S/C13H12N2O4/c1-9(14-13(16)12-6-3-7-19-12)10-4-2-5-11(8-10)15(17)18/h2-9H,1H3,(H,14,16). The van der Waals surface area contributed by atoms with Gasteiger partial charge in [0.2, 0.25) is 0 Å². The number of nitrogens with zero attached hydrogens (tertiary/aromatic N) is 1. The van der Waals surface area contributed by atoms with Crippen molar-refractivity contribution in [3.05, 3.63) is 64.1 Å². The highest BCUT2D eigenvalue weighted by molar-refractivity contribution is 5.91. The minimum atomic E-state index is -0.468. The van der Waals surface area contributed by atoms with Crippen LogP contribution in [0.5, 0.6) is 0 Å². The van der Waals surface area contributed by atoms with E-state index < -0.39 is 4.92 Å². The summed E-state index contributed by atoms with van der Waals surface area (Å²) >= 11 is 0. The van der Waals surface area contributed by atoms with E-state index in [2.05, 4.69) is 5.32 Å². The second-order valence-electron chi connectivity index (χ2n) is 4.02. The van der Waals surface area contributed by atoms with Gasteiger partial charge in [0.15, 0.2) is 5.76 Å². The molecular weight excluding hydrogens is 248 g/mol. The van der Waals surface area contributed by atoms with E-state index in [1.54, 1.807) is 31.2 Å². The smallest absolute Gasteiger partial charge is 0.287 e. The average molecular weight is 260 g/mol. The van der Waals surface area contributed by atoms with E-state index in [9.17, 15) is 14.9 Å². The number of benzene rings is 1. The van der Waals surface area contributed by atoms with E-state index in [-0.39, 0.29) is 23.4 Å². The maximum Gasteiger partial charge on any atom is 0.287 e. The number of carbonyl (C=O) groups is 1. The average Bonchev–Trinajstić information content (AvgIpc) is 2.92. The Bertz CT molecular complexity index is 592. The van der Waals surface area contributed by atoms with Gasteiger partial charge < -0.3 is 9.73 Å². The molecular formula is C13H12N2O4. The van der Waals surface area contributed by atoms with Crippen LogP contribution in [0, 0.1) is 10.1 Å². The van der Waals surface area contributed by atoms with Crippen LogP contribution < -0.4 is 5.32 Å². The minimum Gasteiger partial charge on any atom is -0.459 e. The van der Waals surface area contributed by atoms with Crippen LogP contribution in [0.1, 0.15) is 29.1 Å². The Hall–Kier alpha value is -2.63. The molecule has 2 rings (SSSR count). The fourth-order valence-corrected chi connectivity index (χ4v) is 1.67. The van der Waals surface area contributed by atoms with Gasteiger partial charge in [0.1, 0.15) is 0 Å². The lowest BCUT2D eigenvalue weighted by molar-refractivity contribution is -0.384. The number of furan rings is 1. The van der Waals surface area contributed by atoms with Crippen LogP contribution in [0.15, 0.2) is 47.1 Å². The number of hydrogen-bond acceptors (Lipinski definition) is 4. The number of amides is 1. The Labute approximate surface area is 109 Å². The quantitative estimate of drug-likeness (QED) is 0.676. The van der Waals surface area contributed by atoms with Gasteiger partial charge in [-0.2, -0.15) is 0 Å². The predicted octanol–water partition coefficient (Wildman–Crippen LogP) is 2.68. The summed E-state index contributed by atoms with van der Waals surface area (Å²) in [6.45, 7) is 1.75. The van der Waals surface area contributed by atoms with Crippen molar-refractivity contribution in [1.82, 2.24) is 5.32 Å². The largest absolute Gasteiger partial charge is 0.459 e. The first kappa shape index (κ1) is 12.8. The summed E-state index contributed by atoms with van der Waals surface area (Å²) in [7, 11) is 0. The van der Waals surface area contributed by atoms with E-state index >= 15 is 0 Å². The van der Waals surface area contributed by atoms with E-state index in [4.69, 9.17) is 4.42 Å². The van der Waals surface area contributed by atoms with Crippen molar-refractivity contribution < 1.29 is 14.1 Å². The maximum atomic E-state index is 11.8. The molecule has 0 aliphatic heterocycles. The minimum absolute atomic E-state index is 0.00315. The maximum absolute atomic E-state index is 11.8. The molecule has 0 aliphatic carbocycles. The molecule has 1 unspecified atom stereocenters. The lowest BCUT2D eigenvalue weighted by atomic mass is 10.1. The number of nitrogens with one attached hydrogen (secondary N) is 1. The summed E-state index contributed by atoms with van der Waals surface area (Å²) in [5.41, 5.74) is 0.658. The molecule has 6 nitrogen and oxygen atoms in total. The zero-order valence-electron chi connectivity index (χ0n) is 10.2. The lowest BCUT2D eigenvalue weighted by Crippen LogP contribution is -2.26. The predicted molar refractivity (Wildman–Crippen MR) is 67.7 cm³/mol. The van der Waals surface area contributed by atoms with E-state index in [0.29, 0.717) is 5.56 Å². The molecule has 1 amide bonds. The Kier molecular flexibility index (Phi) is 3.61. The molecule has 0 bridgehead atoms. The van der Waals surface area contributed by atoms with Gasteiger partial charge in [0.25, 0.3) is 11.6 Å². The molecule has 1 aromatic heterocycles. The number of carbonyl (C=O) groups excluding carboxylic acids is 1. The summed E-state index contributed by atoms with van der Waals surface area (Å²) < 4.78 is 4.97. The summed E-state index contributed by atoms with van der Waals surface area (Å²) in [5.74, 6) is -0.152. The third-order valence-corrected chi connectivity index (χ3v) is 2.67. The number of hydrogen-bond donors (Lipinski definition) is 1. The lowest BCUT2D eigenvalue weighted by Gasteiger charge is -2.13. The third-order valence-electron chi connectivity index (χ3n) is 2.67. The normalized spacial score (nSPS) is 11.8. The van der Waals surface area contributed by atoms with Crippen molar-refractivity contribution in [1.29, 1.82) is 0 Å². The van der Waals surface area contributed by atoms with Crippen LogP contribution in [0.4, 0.5) is 5.69 Å². The number of non-ortho nitro benzene ring substituents is 1. The van der Waals surface area contributed by atoms with Gasteiger partial charge >= 0.3 is 0 Å². The van der Waals surface area contributed by atoms with Gasteiger partial charge in [-0.15, -0.1) is 0 Å². The SMILES string of the molecule is CC(NC(=O)c1ccco1)c1cccc([N+](=O)[O-])c1. The van der Waals surface area contributed by atoms with E-state index in [1.807, 2.05) is 0 Å². The molecule has 0 radical (unpaired) electrons. The third kappa shape index (κ3) is 2.98. The molecule has 98 valence electrons. The van der Waals surface area contributed by atoms with Crippen molar-refractivity contribution in [2.45, 2.75) is 13.0 Å². The van der Waals surface area contributed by atoms with Gasteiger partial charge in [-0.1, -0.05) is 12.1 Å². The summed E-state index contributed by atoms with van der Waals surface area (Å²) in [5, 5.41) is 13.4. The molecule has 1 N–H and O–H groups in total. The van der Waals surface area contributed by atoms with Crippen molar-refractivity contribution in [3.63, 3.8) is 0 Å². The molecule has 0 spiro atoms. The van der Waals surface area contributed by atoms with Gasteiger partial charge in [-0.25, -0.2) is 0 Å². The number of rotatable bonds is 4. The van der Waals surface area contributed by atoms with Crippen molar-refractivity contribution in [2.24, 2.45) is 0 Å². The first-order valence-corrected chi connectivity index (χ1v) is 5.66. The van der Waals surface area contributed by atoms with E-state index in [0.717, 1.165) is 0 Å². The molecule has 1 heterocycles. The molecule has 0 aliphatic rings. The fourth-order valence-electron chi connectivity index (χ4n) is 1.67. The molecule has 1 atom stereocenters. The molecule has 0 saturated heterocycles. The Morgan fingerprint density at radius 3 is 2.79 bits per heavy atom. The van der Waals surface area contributed by atoms with Crippen LogP contribution in [0.3, 0.4) is 0 Å². The van der Waals surface area contributed by atoms with Gasteiger partial charge in [0, 0.05) is 12.1 Å². The van der Waals surface area contributed by atoms with E-state index in [1.165, 1.54) is 18.4 Å². The van der Waals surface area contributed by atoms with Crippen molar-refractivity contribution in [2.75, 3.05) is 0 Å². The first-order chi connectivity index (χ1) is 9.08. The van der Waals surface area contributed by atoms with Gasteiger partial charge in [-0.3, -0.25) is 14.9 Å². The van der Waals surface area contributed by atoms with Crippen LogP contribution in [0.25, 0.3) is 0 Å². The highest BCUT2D eigenvalue weighted by atomic mass is 16.6. The molecule has 0 saturated carbocycles. The second-order valence-corrected chi connectivity index (χ2v) is 4.02.